The van der Waals surface area contributed by atoms with Gasteiger partial charge in [0.1, 0.15) is 29.1 Å². The number of carbonyl (C=O) groups excluding carboxylic acids is 1. The Hall–Kier alpha value is -6.89. The summed E-state index contributed by atoms with van der Waals surface area (Å²) in [5.41, 5.74) is 6.78. The van der Waals surface area contributed by atoms with E-state index in [1.165, 1.54) is 6.20 Å². The zero-order valence-corrected chi connectivity index (χ0v) is 36.5. The minimum absolute atomic E-state index is 0.0595. The number of hydrogen-bond donors (Lipinski definition) is 1. The number of H-pyrrole nitrogens is 1. The number of amides is 1. The Morgan fingerprint density at radius 1 is 0.938 bits per heavy atom. The number of aromatic amines is 1. The SMILES string of the molecule is Cc1cc(-n2nc3c(c2-c2ncn(-c4ccc5c(cnn5C)c4F)c2C)[C@H](C)N(C(=O)c2cc4cc(N5CCS(=O)(=O)CC5)ccc4n2C2(c4noc(=O)[nH]4)CC2)CC3)cc(C)c1F. The van der Waals surface area contributed by atoms with Gasteiger partial charge in [0.25, 0.3) is 5.91 Å². The molecule has 0 spiro atoms. The Balaban J connectivity index is 1.05. The molecule has 0 unspecified atom stereocenters. The van der Waals surface area contributed by atoms with Crippen molar-refractivity contribution in [1.82, 2.24) is 48.7 Å². The standard InChI is InChI=1S/C45H43F2N11O5S/c1-24-18-30(19-25(2)38(24)46)58-41(40-27(4)56(23-48-40)35-9-8-34-31(39(35)47)22-49-53(34)5)37-26(3)55(13-10-32(37)51-58)42(59)36-21-28-20-29(54-14-16-64(61,62)17-15-54)6-7-33(28)57(36)45(11-12-45)43-50-44(60)63-52-43/h6-9,18-23,26H,10-17H2,1-5H3,(H,50,52,60)/t26-/m0/s1. The number of aryl methyl sites for hydroxylation is 3. The highest BCUT2D eigenvalue weighted by Crippen LogP contribution is 2.51. The molecule has 16 nitrogen and oxygen atoms in total. The van der Waals surface area contributed by atoms with Gasteiger partial charge in [0, 0.05) is 61.0 Å². The fourth-order valence-corrected chi connectivity index (χ4v) is 11.1. The predicted molar refractivity (Wildman–Crippen MR) is 234 cm³/mol. The molecule has 19 heteroatoms. The van der Waals surface area contributed by atoms with Crippen LogP contribution in [-0.4, -0.2) is 94.2 Å². The molecule has 1 amide bonds. The molecule has 5 aromatic heterocycles. The lowest BCUT2D eigenvalue weighted by atomic mass is 9.95. The van der Waals surface area contributed by atoms with Gasteiger partial charge in [-0.15, -0.1) is 0 Å². The fraction of sp³-hybridized carbons (Fsp3) is 0.333. The van der Waals surface area contributed by atoms with Gasteiger partial charge in [-0.3, -0.25) is 23.6 Å². The molecule has 1 saturated carbocycles. The molecule has 8 aromatic rings. The summed E-state index contributed by atoms with van der Waals surface area (Å²) >= 11 is 0. The van der Waals surface area contributed by atoms with Crippen LogP contribution >= 0.6 is 0 Å². The summed E-state index contributed by atoms with van der Waals surface area (Å²) < 4.78 is 67.9. The quantitative estimate of drug-likeness (QED) is 0.201. The average Bonchev–Trinajstić information content (AvgIpc) is 3.73. The van der Waals surface area contributed by atoms with Crippen LogP contribution in [0.3, 0.4) is 0 Å². The van der Waals surface area contributed by atoms with Crippen LogP contribution in [0.2, 0.25) is 0 Å². The topological polar surface area (TPSA) is 175 Å². The molecule has 3 aromatic carbocycles. The van der Waals surface area contributed by atoms with Crippen LogP contribution in [0.25, 0.3) is 44.6 Å². The number of aromatic nitrogens is 9. The summed E-state index contributed by atoms with van der Waals surface area (Å²) in [5, 5.41) is 14.6. The molecule has 2 fully saturated rings. The second-order valence-corrected chi connectivity index (χ2v) is 19.6. The van der Waals surface area contributed by atoms with Crippen LogP contribution in [0, 0.1) is 32.4 Å². The average molecular weight is 888 g/mol. The fourth-order valence-electron chi connectivity index (χ4n) is 9.92. The Kier molecular flexibility index (Phi) is 8.77. The number of carbonyl (C=O) groups is 1. The van der Waals surface area contributed by atoms with E-state index in [1.54, 1.807) is 59.4 Å². The van der Waals surface area contributed by atoms with E-state index in [0.29, 0.717) is 101 Å². The molecule has 1 saturated heterocycles. The Labute approximate surface area is 364 Å². The summed E-state index contributed by atoms with van der Waals surface area (Å²) in [6.45, 7) is 8.25. The van der Waals surface area contributed by atoms with Crippen LogP contribution in [-0.2, 0) is 28.8 Å². The van der Waals surface area contributed by atoms with E-state index in [2.05, 4.69) is 15.2 Å². The minimum atomic E-state index is -3.11. The van der Waals surface area contributed by atoms with Crippen molar-refractivity contribution in [3.05, 3.63) is 123 Å². The highest BCUT2D eigenvalue weighted by Gasteiger charge is 2.52. The maximum atomic E-state index is 16.2. The molecular formula is C45H43F2N11O5S. The number of fused-ring (bicyclic) bond motifs is 3. The van der Waals surface area contributed by atoms with Gasteiger partial charge in [-0.25, -0.2) is 31.7 Å². The number of nitrogens with one attached hydrogen (secondary N) is 1. The van der Waals surface area contributed by atoms with Gasteiger partial charge < -0.3 is 14.4 Å². The van der Waals surface area contributed by atoms with Gasteiger partial charge in [0.15, 0.2) is 21.5 Å². The van der Waals surface area contributed by atoms with Crippen LogP contribution in [0.5, 0.6) is 0 Å². The number of benzene rings is 3. The third-order valence-electron chi connectivity index (χ3n) is 13.5. The first kappa shape index (κ1) is 39.9. The summed E-state index contributed by atoms with van der Waals surface area (Å²) in [6, 6.07) is 14.1. The second-order valence-electron chi connectivity index (χ2n) is 17.3. The third-order valence-corrected chi connectivity index (χ3v) is 15.1. The smallest absolute Gasteiger partial charge is 0.369 e. The molecular weight excluding hydrogens is 845 g/mol. The summed E-state index contributed by atoms with van der Waals surface area (Å²) in [5.74, 6) is -1.28. The van der Waals surface area contributed by atoms with E-state index < -0.39 is 33.0 Å². The first-order valence-electron chi connectivity index (χ1n) is 21.2. The van der Waals surface area contributed by atoms with Crippen molar-refractivity contribution in [3.8, 4) is 22.8 Å². The molecule has 1 aliphatic carbocycles. The van der Waals surface area contributed by atoms with Crippen molar-refractivity contribution < 1.29 is 26.5 Å². The molecule has 1 N–H and O–H groups in total. The second kappa shape index (κ2) is 14.1. The van der Waals surface area contributed by atoms with Gasteiger partial charge in [0.2, 0.25) is 0 Å². The van der Waals surface area contributed by atoms with Gasteiger partial charge >= 0.3 is 5.76 Å². The molecule has 3 aliphatic rings. The van der Waals surface area contributed by atoms with E-state index in [-0.39, 0.29) is 23.2 Å². The number of rotatable bonds is 7. The maximum Gasteiger partial charge on any atom is 0.438 e. The van der Waals surface area contributed by atoms with Crippen molar-refractivity contribution >= 4 is 43.2 Å². The lowest BCUT2D eigenvalue weighted by molar-refractivity contribution is 0.0664. The number of halogens is 2. The lowest BCUT2D eigenvalue weighted by Crippen LogP contribution is -2.40. The number of anilines is 1. The van der Waals surface area contributed by atoms with Crippen LogP contribution in [0.15, 0.2) is 70.4 Å². The molecule has 64 heavy (non-hydrogen) atoms. The number of nitrogens with zero attached hydrogens (tertiary/aromatic N) is 10. The highest BCUT2D eigenvalue weighted by molar-refractivity contribution is 7.91. The molecule has 7 heterocycles. The third kappa shape index (κ3) is 5.99. The molecule has 328 valence electrons. The van der Waals surface area contributed by atoms with E-state index >= 15 is 13.6 Å². The normalized spacial score (nSPS) is 18.0. The lowest BCUT2D eigenvalue weighted by Gasteiger charge is -2.34. The molecule has 2 aliphatic heterocycles. The van der Waals surface area contributed by atoms with Crippen molar-refractivity contribution in [2.75, 3.05) is 36.0 Å². The van der Waals surface area contributed by atoms with E-state index in [4.69, 9.17) is 14.6 Å². The van der Waals surface area contributed by atoms with Crippen molar-refractivity contribution in [3.63, 3.8) is 0 Å². The monoisotopic (exact) mass is 887 g/mol. The number of imidazole rings is 1. The van der Waals surface area contributed by atoms with Crippen LogP contribution < -0.4 is 10.7 Å². The summed E-state index contributed by atoms with van der Waals surface area (Å²) in [7, 11) is -1.35. The predicted octanol–water partition coefficient (Wildman–Crippen LogP) is 5.98. The van der Waals surface area contributed by atoms with Crippen molar-refractivity contribution in [2.45, 2.75) is 58.5 Å². The van der Waals surface area contributed by atoms with Crippen LogP contribution in [0.1, 0.15) is 70.2 Å². The minimum Gasteiger partial charge on any atom is -0.369 e. The Bertz CT molecular complexity index is 3410. The summed E-state index contributed by atoms with van der Waals surface area (Å²) in [6.07, 6.45) is 4.65. The van der Waals surface area contributed by atoms with Gasteiger partial charge in [-0.2, -0.15) is 10.2 Å². The van der Waals surface area contributed by atoms with Crippen LogP contribution in [0.4, 0.5) is 14.5 Å². The molecule has 1 atom stereocenters. The zero-order valence-electron chi connectivity index (χ0n) is 35.7. The highest BCUT2D eigenvalue weighted by atomic mass is 32.2. The Morgan fingerprint density at radius 3 is 2.38 bits per heavy atom. The van der Waals surface area contributed by atoms with Crippen molar-refractivity contribution in [1.29, 1.82) is 0 Å². The van der Waals surface area contributed by atoms with Gasteiger partial charge in [-0.05, 0) is 100 Å². The maximum absolute atomic E-state index is 16.2. The van der Waals surface area contributed by atoms with E-state index in [9.17, 15) is 13.2 Å². The largest absolute Gasteiger partial charge is 0.438 e. The van der Waals surface area contributed by atoms with Crippen molar-refractivity contribution in [2.24, 2.45) is 7.05 Å². The number of sulfone groups is 1. The molecule has 11 rings (SSSR count). The first-order chi connectivity index (χ1) is 30.6. The Morgan fingerprint density at radius 2 is 1.67 bits per heavy atom. The van der Waals surface area contributed by atoms with Gasteiger partial charge in [-0.1, -0.05) is 5.16 Å². The zero-order chi connectivity index (χ0) is 44.6. The van der Waals surface area contributed by atoms with E-state index in [0.717, 1.165) is 27.8 Å². The number of hydrogen-bond acceptors (Lipinski definition) is 10. The van der Waals surface area contributed by atoms with Gasteiger partial charge in [0.05, 0.1) is 57.4 Å². The van der Waals surface area contributed by atoms with E-state index in [1.807, 2.05) is 58.5 Å². The first-order valence-corrected chi connectivity index (χ1v) is 23.0. The summed E-state index contributed by atoms with van der Waals surface area (Å²) in [4.78, 5) is 39.2. The molecule has 0 bridgehead atoms. The molecule has 0 radical (unpaired) electrons.